The molecule has 8 heteroatoms. The van der Waals surface area contributed by atoms with E-state index in [-0.39, 0.29) is 30.4 Å². The summed E-state index contributed by atoms with van der Waals surface area (Å²) in [7, 11) is 0. The third kappa shape index (κ3) is 5.33. The van der Waals surface area contributed by atoms with Gasteiger partial charge in [-0.3, -0.25) is 14.4 Å². The summed E-state index contributed by atoms with van der Waals surface area (Å²) in [6.07, 6.45) is 0.0979. The molecule has 24 heavy (non-hydrogen) atoms. The van der Waals surface area contributed by atoms with Gasteiger partial charge in [-0.2, -0.15) is 0 Å². The van der Waals surface area contributed by atoms with Gasteiger partial charge in [-0.25, -0.2) is 0 Å². The van der Waals surface area contributed by atoms with Crippen molar-refractivity contribution in [2.75, 3.05) is 10.6 Å². The van der Waals surface area contributed by atoms with E-state index in [1.807, 2.05) is 0 Å². The first kappa shape index (κ1) is 18.4. The number of hydrogen-bond donors (Lipinski definition) is 2. The molecule has 0 atom stereocenters. The number of rotatable bonds is 6. The predicted octanol–water partition coefficient (Wildman–Crippen LogP) is 4.61. The van der Waals surface area contributed by atoms with Gasteiger partial charge in [-0.1, -0.05) is 23.2 Å². The number of ketones is 1. The Morgan fingerprint density at radius 3 is 2.42 bits per heavy atom. The molecule has 1 aromatic carbocycles. The van der Waals surface area contributed by atoms with E-state index in [2.05, 4.69) is 10.6 Å². The first-order chi connectivity index (χ1) is 11.3. The molecule has 5 nitrogen and oxygen atoms in total. The highest BCUT2D eigenvalue weighted by atomic mass is 35.5. The van der Waals surface area contributed by atoms with Gasteiger partial charge in [0.05, 0.1) is 19.9 Å². The summed E-state index contributed by atoms with van der Waals surface area (Å²) in [5, 5.41) is 5.59. The Labute approximate surface area is 153 Å². The van der Waals surface area contributed by atoms with E-state index < -0.39 is 0 Å². The Balaban J connectivity index is 1.94. The van der Waals surface area contributed by atoms with Crippen molar-refractivity contribution in [2.45, 2.75) is 19.8 Å². The maximum absolute atomic E-state index is 12.0. The molecule has 0 saturated heterocycles. The molecule has 2 aromatic rings. The highest BCUT2D eigenvalue weighted by Crippen LogP contribution is 2.26. The molecular weight excluding hydrogens is 371 g/mol. The number of Topliss-reactive ketones (excluding diaryl/α,β-unsaturated/α-hetero) is 1. The van der Waals surface area contributed by atoms with Crippen molar-refractivity contribution in [2.24, 2.45) is 0 Å². The molecule has 0 spiro atoms. The van der Waals surface area contributed by atoms with Crippen LogP contribution in [0.5, 0.6) is 0 Å². The van der Waals surface area contributed by atoms with Gasteiger partial charge in [-0.15, -0.1) is 11.3 Å². The summed E-state index contributed by atoms with van der Waals surface area (Å²) in [5.74, 6) is -0.706. The van der Waals surface area contributed by atoms with E-state index in [1.165, 1.54) is 18.3 Å². The maximum Gasteiger partial charge on any atom is 0.224 e. The van der Waals surface area contributed by atoms with Crippen molar-refractivity contribution in [3.63, 3.8) is 0 Å². The van der Waals surface area contributed by atoms with Gasteiger partial charge in [0, 0.05) is 25.5 Å². The van der Waals surface area contributed by atoms with Crippen molar-refractivity contribution in [3.8, 4) is 0 Å². The predicted molar refractivity (Wildman–Crippen MR) is 97.3 cm³/mol. The van der Waals surface area contributed by atoms with Crippen LogP contribution in [0.2, 0.25) is 9.36 Å². The summed E-state index contributed by atoms with van der Waals surface area (Å²) in [4.78, 5) is 35.6. The van der Waals surface area contributed by atoms with Crippen LogP contribution in [0.25, 0.3) is 0 Å². The zero-order valence-electron chi connectivity index (χ0n) is 12.7. The average Bonchev–Trinajstić information content (AvgIpc) is 2.94. The largest absolute Gasteiger partial charge is 0.326 e. The summed E-state index contributed by atoms with van der Waals surface area (Å²) >= 11 is 13.0. The van der Waals surface area contributed by atoms with Gasteiger partial charge in [0.2, 0.25) is 11.8 Å². The second-order valence-electron chi connectivity index (χ2n) is 4.95. The number of halogens is 2. The van der Waals surface area contributed by atoms with Gasteiger partial charge in [0.15, 0.2) is 5.78 Å². The Kier molecular flexibility index (Phi) is 6.36. The second kappa shape index (κ2) is 8.28. The maximum atomic E-state index is 12.0. The lowest BCUT2D eigenvalue weighted by Crippen LogP contribution is -2.14. The monoisotopic (exact) mass is 384 g/mol. The van der Waals surface area contributed by atoms with E-state index in [0.29, 0.717) is 25.6 Å². The molecule has 1 aromatic heterocycles. The Bertz CT molecular complexity index is 789. The molecule has 1 heterocycles. The van der Waals surface area contributed by atoms with Gasteiger partial charge in [0.25, 0.3) is 0 Å². The first-order valence-electron chi connectivity index (χ1n) is 7.00. The fourth-order valence-corrected chi connectivity index (χ4v) is 3.10. The first-order valence-corrected chi connectivity index (χ1v) is 8.58. The zero-order chi connectivity index (χ0) is 17.7. The van der Waals surface area contributed by atoms with E-state index >= 15 is 0 Å². The highest BCUT2D eigenvalue weighted by Gasteiger charge is 2.13. The quantitative estimate of drug-likeness (QED) is 0.713. The molecular formula is C16H14Cl2N2O3S. The van der Waals surface area contributed by atoms with E-state index in [9.17, 15) is 14.4 Å². The van der Waals surface area contributed by atoms with Crippen LogP contribution < -0.4 is 10.6 Å². The lowest BCUT2D eigenvalue weighted by atomic mass is 10.2. The van der Waals surface area contributed by atoms with Gasteiger partial charge in [0.1, 0.15) is 0 Å². The SMILES string of the molecule is CC(=O)Nc1ccc(Cl)c(NC(=O)CCC(=O)c2ccc(Cl)s2)c1. The minimum atomic E-state index is -0.340. The van der Waals surface area contributed by atoms with Crippen LogP contribution in [0.1, 0.15) is 29.4 Å². The minimum absolute atomic E-state index is 0.0229. The van der Waals surface area contributed by atoms with Gasteiger partial charge in [-0.05, 0) is 30.3 Å². The van der Waals surface area contributed by atoms with Crippen LogP contribution in [0, 0.1) is 0 Å². The molecule has 0 unspecified atom stereocenters. The number of benzene rings is 1. The molecule has 2 amide bonds. The van der Waals surface area contributed by atoms with Crippen molar-refractivity contribution in [1.82, 2.24) is 0 Å². The fraction of sp³-hybridized carbons (Fsp3) is 0.188. The number of anilines is 2. The molecule has 0 bridgehead atoms. The highest BCUT2D eigenvalue weighted by molar-refractivity contribution is 7.18. The standard InChI is InChI=1S/C16H14Cl2N2O3S/c1-9(21)19-10-2-3-11(17)12(8-10)20-16(23)7-4-13(22)14-5-6-15(18)24-14/h2-3,5-6,8H,4,7H2,1H3,(H,19,21)(H,20,23). The minimum Gasteiger partial charge on any atom is -0.326 e. The third-order valence-corrected chi connectivity index (χ3v) is 4.59. The number of amides is 2. The molecule has 126 valence electrons. The number of nitrogens with one attached hydrogen (secondary N) is 2. The molecule has 0 radical (unpaired) electrons. The van der Waals surface area contributed by atoms with Crippen molar-refractivity contribution < 1.29 is 14.4 Å². The summed E-state index contributed by atoms with van der Waals surface area (Å²) in [6, 6.07) is 8.04. The van der Waals surface area contributed by atoms with Crippen LogP contribution in [0.4, 0.5) is 11.4 Å². The topological polar surface area (TPSA) is 75.3 Å². The van der Waals surface area contributed by atoms with Gasteiger partial charge < -0.3 is 10.6 Å². The lowest BCUT2D eigenvalue weighted by Gasteiger charge is -2.09. The van der Waals surface area contributed by atoms with Gasteiger partial charge >= 0.3 is 0 Å². The number of carbonyl (C=O) groups excluding carboxylic acids is 3. The lowest BCUT2D eigenvalue weighted by molar-refractivity contribution is -0.116. The molecule has 0 saturated carbocycles. The van der Waals surface area contributed by atoms with E-state index in [0.717, 1.165) is 0 Å². The molecule has 0 aliphatic rings. The van der Waals surface area contributed by atoms with E-state index in [4.69, 9.17) is 23.2 Å². The molecule has 2 N–H and O–H groups in total. The smallest absolute Gasteiger partial charge is 0.224 e. The van der Waals surface area contributed by atoms with Crippen LogP contribution >= 0.6 is 34.5 Å². The normalized spacial score (nSPS) is 10.3. The number of hydrogen-bond acceptors (Lipinski definition) is 4. The average molecular weight is 385 g/mol. The number of carbonyl (C=O) groups is 3. The fourth-order valence-electron chi connectivity index (χ4n) is 1.93. The molecule has 0 fully saturated rings. The van der Waals surface area contributed by atoms with E-state index in [1.54, 1.807) is 30.3 Å². The summed E-state index contributed by atoms with van der Waals surface area (Å²) in [5.41, 5.74) is 0.894. The Morgan fingerprint density at radius 1 is 1.04 bits per heavy atom. The third-order valence-electron chi connectivity index (χ3n) is 2.99. The molecule has 0 aliphatic carbocycles. The van der Waals surface area contributed by atoms with Crippen molar-refractivity contribution in [1.29, 1.82) is 0 Å². The molecule has 0 aliphatic heterocycles. The van der Waals surface area contributed by atoms with Crippen LogP contribution in [0.3, 0.4) is 0 Å². The summed E-state index contributed by atoms with van der Waals surface area (Å²) in [6.45, 7) is 1.38. The van der Waals surface area contributed by atoms with Crippen molar-refractivity contribution >= 4 is 63.5 Å². The Hall–Kier alpha value is -1.89. The van der Waals surface area contributed by atoms with Crippen LogP contribution in [0.15, 0.2) is 30.3 Å². The summed E-state index contributed by atoms with van der Waals surface area (Å²) < 4.78 is 0.532. The van der Waals surface area contributed by atoms with Crippen LogP contribution in [-0.4, -0.2) is 17.6 Å². The second-order valence-corrected chi connectivity index (χ2v) is 7.07. The zero-order valence-corrected chi connectivity index (χ0v) is 15.0. The number of thiophene rings is 1. The Morgan fingerprint density at radius 2 is 1.79 bits per heavy atom. The van der Waals surface area contributed by atoms with Crippen molar-refractivity contribution in [3.05, 3.63) is 44.6 Å². The molecule has 2 rings (SSSR count). The van der Waals surface area contributed by atoms with Crippen LogP contribution in [-0.2, 0) is 9.59 Å².